The second-order valence-corrected chi connectivity index (χ2v) is 5.92. The number of nitrogens with one attached hydrogen (secondary N) is 1. The van der Waals surface area contributed by atoms with Crippen LogP contribution < -0.4 is 5.32 Å². The van der Waals surface area contributed by atoms with Crippen molar-refractivity contribution in [1.82, 2.24) is 5.32 Å². The van der Waals surface area contributed by atoms with Crippen molar-refractivity contribution in [2.75, 3.05) is 12.0 Å². The third-order valence-corrected chi connectivity index (χ3v) is 3.93. The van der Waals surface area contributed by atoms with Crippen LogP contribution in [0.25, 0.3) is 0 Å². The Morgan fingerprint density at radius 1 is 1.53 bits per heavy atom. The van der Waals surface area contributed by atoms with Crippen LogP contribution in [0.5, 0.6) is 0 Å². The third kappa shape index (κ3) is 4.98. The predicted octanol–water partition coefficient (Wildman–Crippen LogP) is 2.37. The highest BCUT2D eigenvalue weighted by molar-refractivity contribution is 14.1. The summed E-state index contributed by atoms with van der Waals surface area (Å²) in [6.07, 6.45) is 2.21. The van der Waals surface area contributed by atoms with Gasteiger partial charge in [0.2, 0.25) is 0 Å². The highest BCUT2D eigenvalue weighted by Gasteiger charge is 2.21. The molecular formula is C12H13FINO3S. The fraction of sp³-hybridized carbons (Fsp3) is 0.333. The number of aliphatic carboxylic acids is 1. The fourth-order valence-corrected chi connectivity index (χ4v) is 2.60. The van der Waals surface area contributed by atoms with E-state index in [-0.39, 0.29) is 5.56 Å². The minimum atomic E-state index is -1.07. The van der Waals surface area contributed by atoms with Gasteiger partial charge in [-0.3, -0.25) is 4.79 Å². The number of carbonyl (C=O) groups is 2. The fourth-order valence-electron chi connectivity index (χ4n) is 1.40. The first-order valence-corrected chi connectivity index (χ1v) is 7.90. The highest BCUT2D eigenvalue weighted by atomic mass is 127. The minimum absolute atomic E-state index is 0.275. The molecule has 7 heteroatoms. The maximum Gasteiger partial charge on any atom is 0.326 e. The number of hydrogen-bond donors (Lipinski definition) is 2. The van der Waals surface area contributed by atoms with E-state index in [0.29, 0.717) is 15.7 Å². The summed E-state index contributed by atoms with van der Waals surface area (Å²) in [5, 5.41) is 11.5. The molecule has 0 aliphatic rings. The van der Waals surface area contributed by atoms with Crippen molar-refractivity contribution < 1.29 is 19.1 Å². The lowest BCUT2D eigenvalue weighted by Crippen LogP contribution is -2.41. The Kier molecular flexibility index (Phi) is 6.56. The molecule has 0 aliphatic carbocycles. The number of halogens is 2. The van der Waals surface area contributed by atoms with Gasteiger partial charge in [0.25, 0.3) is 5.91 Å². The summed E-state index contributed by atoms with van der Waals surface area (Å²) >= 11 is 3.35. The SMILES string of the molecule is CSCC[C@@H](NC(=O)c1ccc(F)cc1I)C(=O)O. The maximum absolute atomic E-state index is 12.9. The second-order valence-electron chi connectivity index (χ2n) is 3.77. The Labute approximate surface area is 128 Å². The van der Waals surface area contributed by atoms with Gasteiger partial charge in [-0.1, -0.05) is 0 Å². The third-order valence-electron chi connectivity index (χ3n) is 2.39. The van der Waals surface area contributed by atoms with E-state index in [1.807, 2.05) is 28.8 Å². The van der Waals surface area contributed by atoms with Crippen molar-refractivity contribution >= 4 is 46.2 Å². The van der Waals surface area contributed by atoms with Crippen molar-refractivity contribution in [2.45, 2.75) is 12.5 Å². The molecule has 19 heavy (non-hydrogen) atoms. The van der Waals surface area contributed by atoms with E-state index in [0.717, 1.165) is 0 Å². The summed E-state index contributed by atoms with van der Waals surface area (Å²) in [5.41, 5.74) is 0.275. The minimum Gasteiger partial charge on any atom is -0.480 e. The monoisotopic (exact) mass is 397 g/mol. The van der Waals surface area contributed by atoms with Crippen molar-refractivity contribution in [3.05, 3.63) is 33.1 Å². The van der Waals surface area contributed by atoms with Crippen LogP contribution in [-0.2, 0) is 4.79 Å². The summed E-state index contributed by atoms with van der Waals surface area (Å²) in [5.74, 6) is -1.37. The Bertz CT molecular complexity index is 484. The lowest BCUT2D eigenvalue weighted by molar-refractivity contribution is -0.139. The summed E-state index contributed by atoms with van der Waals surface area (Å²) in [4.78, 5) is 23.0. The van der Waals surface area contributed by atoms with Gasteiger partial charge in [0.1, 0.15) is 11.9 Å². The Morgan fingerprint density at radius 3 is 2.74 bits per heavy atom. The van der Waals surface area contributed by atoms with Crippen molar-refractivity contribution in [1.29, 1.82) is 0 Å². The summed E-state index contributed by atoms with van der Waals surface area (Å²) in [6, 6.07) is 2.82. The average Bonchev–Trinajstić information content (AvgIpc) is 2.33. The van der Waals surface area contributed by atoms with Crippen molar-refractivity contribution in [3.8, 4) is 0 Å². The van der Waals surface area contributed by atoms with Crippen LogP contribution in [0.4, 0.5) is 4.39 Å². The molecule has 2 N–H and O–H groups in total. The first-order chi connectivity index (χ1) is 8.95. The van der Waals surface area contributed by atoms with Gasteiger partial charge >= 0.3 is 5.97 Å². The molecule has 0 saturated heterocycles. The molecule has 0 fully saturated rings. The highest BCUT2D eigenvalue weighted by Crippen LogP contribution is 2.14. The first kappa shape index (κ1) is 16.2. The summed E-state index contributed by atoms with van der Waals surface area (Å²) in [7, 11) is 0. The van der Waals surface area contributed by atoms with E-state index in [9.17, 15) is 14.0 Å². The molecule has 0 spiro atoms. The molecule has 0 aliphatic heterocycles. The largest absolute Gasteiger partial charge is 0.480 e. The number of carbonyl (C=O) groups excluding carboxylic acids is 1. The van der Waals surface area contributed by atoms with Crippen LogP contribution in [0, 0.1) is 9.39 Å². The van der Waals surface area contributed by atoms with Crippen molar-refractivity contribution in [2.24, 2.45) is 0 Å². The molecule has 0 bridgehead atoms. The molecule has 4 nitrogen and oxygen atoms in total. The molecular weight excluding hydrogens is 384 g/mol. The zero-order valence-corrected chi connectivity index (χ0v) is 13.1. The second kappa shape index (κ2) is 7.68. The van der Waals surface area contributed by atoms with E-state index < -0.39 is 23.7 Å². The molecule has 104 valence electrons. The van der Waals surface area contributed by atoms with E-state index >= 15 is 0 Å². The standard InChI is InChI=1S/C12H13FINO3S/c1-19-5-4-10(12(17)18)15-11(16)8-3-2-7(13)6-9(8)14/h2-3,6,10H,4-5H2,1H3,(H,15,16)(H,17,18)/t10-/m1/s1. The molecule has 1 atom stereocenters. The molecule has 0 heterocycles. The lowest BCUT2D eigenvalue weighted by Gasteiger charge is -2.14. The molecule has 0 saturated carbocycles. The summed E-state index contributed by atoms with van der Waals surface area (Å²) in [6.45, 7) is 0. The molecule has 1 aromatic carbocycles. The number of hydrogen-bond acceptors (Lipinski definition) is 3. The number of benzene rings is 1. The zero-order chi connectivity index (χ0) is 14.4. The van der Waals surface area contributed by atoms with Gasteiger partial charge in [0.15, 0.2) is 0 Å². The Morgan fingerprint density at radius 2 is 2.21 bits per heavy atom. The normalized spacial score (nSPS) is 11.9. The number of carboxylic acid groups (broad SMARTS) is 1. The first-order valence-electron chi connectivity index (χ1n) is 5.43. The van der Waals surface area contributed by atoms with Gasteiger partial charge in [-0.2, -0.15) is 11.8 Å². The number of thioether (sulfide) groups is 1. The lowest BCUT2D eigenvalue weighted by atomic mass is 10.1. The Hall–Kier alpha value is -0.830. The quantitative estimate of drug-likeness (QED) is 0.724. The molecule has 1 rings (SSSR count). The van der Waals surface area contributed by atoms with Crippen LogP contribution in [0.2, 0.25) is 0 Å². The van der Waals surface area contributed by atoms with E-state index in [1.54, 1.807) is 0 Å². The summed E-state index contributed by atoms with van der Waals surface area (Å²) < 4.78 is 13.4. The molecule has 0 unspecified atom stereocenters. The van der Waals surface area contributed by atoms with E-state index in [1.165, 1.54) is 30.0 Å². The van der Waals surface area contributed by atoms with Crippen LogP contribution in [0.1, 0.15) is 16.8 Å². The van der Waals surface area contributed by atoms with E-state index in [2.05, 4.69) is 5.32 Å². The molecule has 1 aromatic rings. The van der Waals surface area contributed by atoms with Gasteiger partial charge in [-0.25, -0.2) is 9.18 Å². The number of rotatable bonds is 6. The Balaban J connectivity index is 2.78. The van der Waals surface area contributed by atoms with Crippen LogP contribution in [0.15, 0.2) is 18.2 Å². The van der Waals surface area contributed by atoms with Gasteiger partial charge < -0.3 is 10.4 Å². The molecule has 0 aromatic heterocycles. The van der Waals surface area contributed by atoms with Gasteiger partial charge in [0, 0.05) is 3.57 Å². The number of carboxylic acids is 1. The molecule has 1 amide bonds. The predicted molar refractivity (Wildman–Crippen MR) is 81.0 cm³/mol. The van der Waals surface area contributed by atoms with Crippen molar-refractivity contribution in [3.63, 3.8) is 0 Å². The van der Waals surface area contributed by atoms with Crippen LogP contribution in [-0.4, -0.2) is 35.0 Å². The smallest absolute Gasteiger partial charge is 0.326 e. The number of amides is 1. The zero-order valence-electron chi connectivity index (χ0n) is 10.2. The van der Waals surface area contributed by atoms with Gasteiger partial charge in [0.05, 0.1) is 5.56 Å². The molecule has 0 radical (unpaired) electrons. The van der Waals surface area contributed by atoms with Gasteiger partial charge in [-0.05, 0) is 59.2 Å². The van der Waals surface area contributed by atoms with Crippen LogP contribution >= 0.6 is 34.4 Å². The topological polar surface area (TPSA) is 66.4 Å². The van der Waals surface area contributed by atoms with Crippen LogP contribution in [0.3, 0.4) is 0 Å². The average molecular weight is 397 g/mol. The maximum atomic E-state index is 12.9. The van der Waals surface area contributed by atoms with Gasteiger partial charge in [-0.15, -0.1) is 0 Å². The van der Waals surface area contributed by atoms with E-state index in [4.69, 9.17) is 5.11 Å².